The lowest BCUT2D eigenvalue weighted by Crippen LogP contribution is -2.44. The molecule has 1 amide bonds. The molecule has 1 rings (SSSR count). The number of carbonyl (C=O) groups is 1. The smallest absolute Gasteiger partial charge is 0.226 e. The second-order valence-corrected chi connectivity index (χ2v) is 12.1. The fraction of sp³-hybridized carbons (Fsp3) is 0.923. The van der Waals surface area contributed by atoms with Gasteiger partial charge in [0.15, 0.2) is 8.32 Å². The van der Waals surface area contributed by atoms with Gasteiger partial charge in [-0.1, -0.05) is 34.6 Å². The normalized spacial score (nSPS) is 24.9. The van der Waals surface area contributed by atoms with Crippen LogP contribution in [0.4, 0.5) is 0 Å². The van der Waals surface area contributed by atoms with E-state index < -0.39 is 8.32 Å². The molecule has 0 aromatic carbocycles. The maximum absolute atomic E-state index is 11.7. The average Bonchev–Trinajstić information content (AvgIpc) is 2.36. The maximum Gasteiger partial charge on any atom is 0.226 e. The van der Waals surface area contributed by atoms with E-state index in [9.17, 15) is 4.79 Å². The first-order valence-corrected chi connectivity index (χ1v) is 9.31. The van der Waals surface area contributed by atoms with Crippen molar-refractivity contribution >= 4 is 14.2 Å². The molecule has 0 saturated carbocycles. The molecule has 0 aromatic heterocycles. The Hall–Kier alpha value is -0.353. The Morgan fingerprint density at radius 3 is 2.29 bits per heavy atom. The van der Waals surface area contributed by atoms with E-state index in [0.717, 1.165) is 6.42 Å². The quantitative estimate of drug-likeness (QED) is 0.790. The Kier molecular flexibility index (Phi) is 3.80. The van der Waals surface area contributed by atoms with Gasteiger partial charge in [0.05, 0.1) is 12.6 Å². The molecule has 0 radical (unpaired) electrons. The zero-order valence-corrected chi connectivity index (χ0v) is 13.3. The van der Waals surface area contributed by atoms with Crippen LogP contribution in [0, 0.1) is 5.41 Å². The van der Waals surface area contributed by atoms with Crippen molar-refractivity contribution in [1.82, 2.24) is 5.32 Å². The molecule has 1 atom stereocenters. The summed E-state index contributed by atoms with van der Waals surface area (Å²) < 4.78 is 6.14. The van der Waals surface area contributed by atoms with Gasteiger partial charge in [-0.15, -0.1) is 0 Å². The lowest BCUT2D eigenvalue weighted by Gasteiger charge is -2.37. The highest BCUT2D eigenvalue weighted by atomic mass is 28.4. The summed E-state index contributed by atoms with van der Waals surface area (Å²) in [6.07, 6.45) is 0.875. The van der Waals surface area contributed by atoms with Crippen LogP contribution in [-0.4, -0.2) is 26.9 Å². The highest BCUT2D eigenvalue weighted by Gasteiger charge is 2.42. The van der Waals surface area contributed by atoms with Crippen molar-refractivity contribution in [2.45, 2.75) is 65.2 Å². The van der Waals surface area contributed by atoms with E-state index in [1.807, 2.05) is 13.8 Å². The summed E-state index contributed by atoms with van der Waals surface area (Å²) in [5, 5.41) is 3.25. The Bertz CT molecular complexity index is 305. The molecule has 0 unspecified atom stereocenters. The Morgan fingerprint density at radius 2 is 1.94 bits per heavy atom. The van der Waals surface area contributed by atoms with Gasteiger partial charge in [0.1, 0.15) is 0 Å². The molecular formula is C13H27NO2Si. The van der Waals surface area contributed by atoms with Gasteiger partial charge in [0.2, 0.25) is 5.91 Å². The molecule has 3 nitrogen and oxygen atoms in total. The fourth-order valence-corrected chi connectivity index (χ4v) is 2.82. The van der Waals surface area contributed by atoms with Crippen LogP contribution in [0.3, 0.4) is 0 Å². The SMILES string of the molecule is CC1(C)C[C@H](CO[Si](C)(C)C(C)(C)C)NC1=O. The number of hydrogen-bond acceptors (Lipinski definition) is 2. The van der Waals surface area contributed by atoms with E-state index in [4.69, 9.17) is 4.43 Å². The van der Waals surface area contributed by atoms with Gasteiger partial charge in [-0.25, -0.2) is 0 Å². The standard InChI is InChI=1S/C13H27NO2Si/c1-12(2,3)17(6,7)16-9-10-8-13(4,5)11(15)14-10/h10H,8-9H2,1-7H3,(H,14,15)/t10-/m1/s1. The van der Waals surface area contributed by atoms with Crippen molar-refractivity contribution in [3.8, 4) is 0 Å². The summed E-state index contributed by atoms with van der Waals surface area (Å²) in [4.78, 5) is 11.7. The summed E-state index contributed by atoms with van der Waals surface area (Å²) in [6.45, 7) is 15.8. The minimum Gasteiger partial charge on any atom is -0.415 e. The summed E-state index contributed by atoms with van der Waals surface area (Å²) in [6, 6.07) is 0.187. The van der Waals surface area contributed by atoms with Gasteiger partial charge in [-0.3, -0.25) is 4.79 Å². The number of hydrogen-bond donors (Lipinski definition) is 1. The molecule has 17 heavy (non-hydrogen) atoms. The monoisotopic (exact) mass is 257 g/mol. The molecule has 0 spiro atoms. The lowest BCUT2D eigenvalue weighted by atomic mass is 9.90. The van der Waals surface area contributed by atoms with E-state index in [0.29, 0.717) is 6.61 Å². The predicted octanol–water partition coefficient (Wildman–Crippen LogP) is 2.92. The highest BCUT2D eigenvalue weighted by molar-refractivity contribution is 6.74. The zero-order valence-electron chi connectivity index (χ0n) is 12.3. The molecule has 100 valence electrons. The third kappa shape index (κ3) is 3.32. The first kappa shape index (κ1) is 14.7. The van der Waals surface area contributed by atoms with E-state index in [1.54, 1.807) is 0 Å². The van der Waals surface area contributed by atoms with Gasteiger partial charge in [-0.05, 0) is 24.6 Å². The minimum atomic E-state index is -1.69. The Labute approximate surface area is 106 Å². The minimum absolute atomic E-state index is 0.154. The van der Waals surface area contributed by atoms with Crippen molar-refractivity contribution < 1.29 is 9.22 Å². The number of carbonyl (C=O) groups excluding carboxylic acids is 1. The highest BCUT2D eigenvalue weighted by Crippen LogP contribution is 2.37. The van der Waals surface area contributed by atoms with Crippen LogP contribution in [-0.2, 0) is 9.22 Å². The predicted molar refractivity (Wildman–Crippen MR) is 73.5 cm³/mol. The Balaban J connectivity index is 2.52. The van der Waals surface area contributed by atoms with Crippen LogP contribution in [0.25, 0.3) is 0 Å². The van der Waals surface area contributed by atoms with E-state index >= 15 is 0 Å². The van der Waals surface area contributed by atoms with E-state index in [1.165, 1.54) is 0 Å². The summed E-state index contributed by atoms with van der Waals surface area (Å²) in [5.41, 5.74) is -0.235. The Morgan fingerprint density at radius 1 is 1.41 bits per heavy atom. The van der Waals surface area contributed by atoms with E-state index in [-0.39, 0.29) is 22.4 Å². The van der Waals surface area contributed by atoms with Gasteiger partial charge >= 0.3 is 0 Å². The first-order valence-electron chi connectivity index (χ1n) is 6.41. The largest absolute Gasteiger partial charge is 0.415 e. The molecule has 1 fully saturated rings. The van der Waals surface area contributed by atoms with Crippen molar-refractivity contribution in [2.75, 3.05) is 6.61 Å². The molecule has 1 heterocycles. The zero-order chi connectivity index (χ0) is 13.5. The second-order valence-electron chi connectivity index (χ2n) is 7.33. The van der Waals surface area contributed by atoms with Crippen LogP contribution in [0.15, 0.2) is 0 Å². The third-order valence-electron chi connectivity index (χ3n) is 4.16. The van der Waals surface area contributed by atoms with Gasteiger partial charge in [-0.2, -0.15) is 0 Å². The number of nitrogens with one attached hydrogen (secondary N) is 1. The van der Waals surface area contributed by atoms with Crippen LogP contribution in [0.5, 0.6) is 0 Å². The van der Waals surface area contributed by atoms with Crippen LogP contribution >= 0.6 is 0 Å². The number of rotatable bonds is 3. The summed E-state index contributed by atoms with van der Waals surface area (Å²) >= 11 is 0. The first-order chi connectivity index (χ1) is 7.46. The molecule has 0 bridgehead atoms. The summed E-state index contributed by atoms with van der Waals surface area (Å²) in [5.74, 6) is 0.154. The van der Waals surface area contributed by atoms with Crippen molar-refractivity contribution in [2.24, 2.45) is 5.41 Å². The molecule has 1 aliphatic heterocycles. The summed E-state index contributed by atoms with van der Waals surface area (Å²) in [7, 11) is -1.69. The second kappa shape index (κ2) is 4.39. The van der Waals surface area contributed by atoms with Gasteiger partial charge < -0.3 is 9.74 Å². The van der Waals surface area contributed by atoms with Crippen molar-refractivity contribution in [1.29, 1.82) is 0 Å². The van der Waals surface area contributed by atoms with Crippen molar-refractivity contribution in [3.63, 3.8) is 0 Å². The molecule has 4 heteroatoms. The van der Waals surface area contributed by atoms with Gasteiger partial charge in [0.25, 0.3) is 0 Å². The molecule has 1 aliphatic rings. The number of amides is 1. The molecule has 0 aromatic rings. The fourth-order valence-electron chi connectivity index (χ4n) is 1.77. The molecule has 1 N–H and O–H groups in total. The van der Waals surface area contributed by atoms with Crippen LogP contribution in [0.2, 0.25) is 18.1 Å². The lowest BCUT2D eigenvalue weighted by molar-refractivity contribution is -0.126. The van der Waals surface area contributed by atoms with E-state index in [2.05, 4.69) is 39.2 Å². The molecule has 1 saturated heterocycles. The topological polar surface area (TPSA) is 38.3 Å². The van der Waals surface area contributed by atoms with Crippen LogP contribution in [0.1, 0.15) is 41.0 Å². The third-order valence-corrected chi connectivity index (χ3v) is 8.66. The average molecular weight is 257 g/mol. The maximum atomic E-state index is 11.7. The molecule has 0 aliphatic carbocycles. The van der Waals surface area contributed by atoms with Crippen LogP contribution < -0.4 is 5.32 Å². The van der Waals surface area contributed by atoms with Crippen molar-refractivity contribution in [3.05, 3.63) is 0 Å². The molecular weight excluding hydrogens is 230 g/mol. The van der Waals surface area contributed by atoms with Gasteiger partial charge in [0, 0.05) is 5.41 Å².